The zero-order chi connectivity index (χ0) is 105. The van der Waals surface area contributed by atoms with E-state index in [2.05, 4.69) is 97.9 Å². The van der Waals surface area contributed by atoms with Crippen LogP contribution in [0.4, 0.5) is 20.2 Å². The van der Waals surface area contributed by atoms with Gasteiger partial charge in [-0.3, -0.25) is 38.5 Å². The summed E-state index contributed by atoms with van der Waals surface area (Å²) in [7, 11) is 0. The Hall–Kier alpha value is -16.2. The van der Waals surface area contributed by atoms with Gasteiger partial charge in [-0.2, -0.15) is 0 Å². The van der Waals surface area contributed by atoms with Crippen LogP contribution in [0.15, 0.2) is 338 Å². The van der Waals surface area contributed by atoms with Gasteiger partial charge in [-0.1, -0.05) is 219 Å². The van der Waals surface area contributed by atoms with Gasteiger partial charge in [-0.25, -0.2) is 13.8 Å². The van der Waals surface area contributed by atoms with Gasteiger partial charge >= 0.3 is 5.91 Å². The second-order valence-corrected chi connectivity index (χ2v) is 39.4. The molecule has 13 N–H and O–H groups in total. The fourth-order valence-corrected chi connectivity index (χ4v) is 18.0. The Morgan fingerprint density at radius 3 is 1.27 bits per heavy atom. The topological polar surface area (TPSA) is 337 Å². The summed E-state index contributed by atoms with van der Waals surface area (Å²) in [6.45, 7) is 16.1. The van der Waals surface area contributed by atoms with E-state index in [1.54, 1.807) is 60.8 Å². The van der Waals surface area contributed by atoms with E-state index in [1.807, 2.05) is 283 Å². The average molecular weight is 2090 g/mol. The summed E-state index contributed by atoms with van der Waals surface area (Å²) in [5.74, 6) is -0.802. The second-order valence-electron chi connectivity index (χ2n) is 37.2. The van der Waals surface area contributed by atoms with Gasteiger partial charge in [0.05, 0.1) is 28.8 Å². The molecule has 1 aliphatic carbocycles. The highest BCUT2D eigenvalue weighted by molar-refractivity contribution is 6.33. The Kier molecular flexibility index (Phi) is 34.3. The van der Waals surface area contributed by atoms with Crippen molar-refractivity contribution in [3.8, 4) is 0 Å². The van der Waals surface area contributed by atoms with Crippen molar-refractivity contribution in [3.05, 3.63) is 427 Å². The summed E-state index contributed by atoms with van der Waals surface area (Å²) in [4.78, 5) is 113. The molecule has 2 unspecified atom stereocenters. The zero-order valence-electron chi connectivity index (χ0n) is 82.6. The first-order valence-electron chi connectivity index (χ1n) is 48.7. The number of para-hydroxylation sites is 2. The van der Waals surface area contributed by atoms with Gasteiger partial charge in [-0.05, 0) is 288 Å². The van der Waals surface area contributed by atoms with E-state index < -0.39 is 5.54 Å². The van der Waals surface area contributed by atoms with Crippen molar-refractivity contribution in [2.75, 3.05) is 10.6 Å². The molecule has 8 heterocycles. The van der Waals surface area contributed by atoms with E-state index in [4.69, 9.17) is 62.4 Å². The summed E-state index contributed by atoms with van der Waals surface area (Å²) >= 11 is 29.7. The molecule has 0 aliphatic heterocycles. The van der Waals surface area contributed by atoms with Gasteiger partial charge in [-0.15, -0.1) is 0 Å². The van der Waals surface area contributed by atoms with E-state index in [0.717, 1.165) is 98.4 Å². The number of nitrogens with one attached hydrogen (secondary N) is 13. The molecule has 13 aromatic carbocycles. The largest absolute Gasteiger partial charge is 0.432 e. The van der Waals surface area contributed by atoms with E-state index in [1.165, 1.54) is 56.4 Å². The molecule has 0 saturated heterocycles. The van der Waals surface area contributed by atoms with E-state index >= 15 is 0 Å². The van der Waals surface area contributed by atoms with Crippen molar-refractivity contribution in [2.24, 2.45) is 11.8 Å². The monoisotopic (exact) mass is 2090 g/mol. The smallest absolute Gasteiger partial charge is 0.307 e. The highest BCUT2D eigenvalue weighted by atomic mass is 35.5. The molecule has 30 heteroatoms. The number of hydrogen-bond donors (Lipinski definition) is 13. The lowest BCUT2D eigenvalue weighted by atomic mass is 9.84. The summed E-state index contributed by atoms with van der Waals surface area (Å²) in [6, 6.07) is 99.1. The molecule has 22 rings (SSSR count). The number of nitrogens with zero attached hydrogens (tertiary/aromatic N) is 2. The fourth-order valence-electron chi connectivity index (χ4n) is 17.2. The number of oxazole rings is 1. The number of pyridine rings is 1. The number of H-pyrrole nitrogens is 6. The standard InChI is InChI=1S/C19H13FN2O.C18H17ClN2O.C18H12FN3O.C17H14Cl2N2O.C17H21ClN2O.C16H14N2O2.C14H17ClN2O/c20-14-9-8-13-10-18(21-17(13)11-14)19(23)22-16-7-3-5-12-4-1-2-6-15(12)16;1-18(2,13-6-4-3-5-7-13)21-17(22)16-11-12-10-14(19)8-9-15(12)20-16;19-12-7-6-11-9-17(21-16(11)10-12)18(23)22-15-5-1-4-14-13(15)3-2-8-20-14;1-10(11-2-4-13(18)5-3-11)20-17(22)16-9-12-8-14(19)6-7-15(12)21-16;1-11(12-5-3-2-4-6-12)19-17(21)16-10-13-9-14(18)7-8-15(13)20-16;1-11(12-7-3-2-4-8-12)17-15(19)16-18-13-9-5-6-10-14(13)20-16;1-8(2)9(3)16-14(18)13-7-10-6-11(15)4-5-12(10)17-13/h1-11,21H,(H,22,23);3-11,20H,1-2H3,(H,21,22);1-10,21H,(H,22,23);2-10,21H,1H3,(H,20,22);7-12,20H,2-6H2,1H3,(H,19,21);2-11H,1H3,(H,17,19);4-9,17H,1-3H3,(H,16,18)/t;;;10-;;11-;/m...1.1./s1. The molecule has 756 valence electrons. The molecule has 1 saturated carbocycles. The van der Waals surface area contributed by atoms with E-state index in [-0.39, 0.29) is 83.0 Å². The van der Waals surface area contributed by atoms with Crippen LogP contribution in [0.5, 0.6) is 0 Å². The van der Waals surface area contributed by atoms with Crippen molar-refractivity contribution in [2.45, 2.75) is 117 Å². The molecular weight excluding hydrogens is 1980 g/mol. The van der Waals surface area contributed by atoms with E-state index in [0.29, 0.717) is 98.9 Å². The molecule has 21 aromatic rings. The molecule has 1 aliphatic rings. The Morgan fingerprint density at radius 2 is 0.752 bits per heavy atom. The first-order chi connectivity index (χ1) is 71.7. The summed E-state index contributed by atoms with van der Waals surface area (Å²) in [6.07, 6.45) is 8.07. The first kappa shape index (κ1) is 106. The Morgan fingerprint density at radius 1 is 0.349 bits per heavy atom. The van der Waals surface area contributed by atoms with Crippen LogP contribution in [-0.4, -0.2) is 93.3 Å². The third-order valence-corrected chi connectivity index (χ3v) is 26.9. The van der Waals surface area contributed by atoms with Gasteiger partial charge in [0.15, 0.2) is 5.58 Å². The van der Waals surface area contributed by atoms with Crippen LogP contribution < -0.4 is 37.2 Å². The maximum Gasteiger partial charge on any atom is 0.307 e. The number of fused-ring (bicyclic) bond motifs is 9. The van der Waals surface area contributed by atoms with Crippen LogP contribution in [0.1, 0.15) is 190 Å². The highest BCUT2D eigenvalue weighted by Crippen LogP contribution is 2.33. The summed E-state index contributed by atoms with van der Waals surface area (Å²) in [5, 5.41) is 32.4. The summed E-state index contributed by atoms with van der Waals surface area (Å²) < 4.78 is 31.9. The number of anilines is 2. The van der Waals surface area contributed by atoms with Crippen LogP contribution in [0, 0.1) is 23.5 Å². The van der Waals surface area contributed by atoms with Gasteiger partial charge < -0.3 is 71.5 Å². The predicted molar refractivity (Wildman–Crippen MR) is 597 cm³/mol. The maximum atomic E-state index is 13.2. The fraction of sp³-hybridized carbons (Fsp3) is 0.168. The van der Waals surface area contributed by atoms with Gasteiger partial charge in [0.25, 0.3) is 41.3 Å². The number of carbonyl (C=O) groups excluding carboxylic acids is 7. The lowest BCUT2D eigenvalue weighted by Crippen LogP contribution is -2.41. The second kappa shape index (κ2) is 48.4. The third-order valence-electron chi connectivity index (χ3n) is 25.7. The molecule has 4 atom stereocenters. The Balaban J connectivity index is 0.000000124. The van der Waals surface area contributed by atoms with Crippen LogP contribution >= 0.6 is 58.0 Å². The van der Waals surface area contributed by atoms with Crippen molar-refractivity contribution in [3.63, 3.8) is 0 Å². The van der Waals surface area contributed by atoms with Crippen molar-refractivity contribution in [1.29, 1.82) is 0 Å². The van der Waals surface area contributed by atoms with Crippen LogP contribution in [0.25, 0.3) is 98.2 Å². The summed E-state index contributed by atoms with van der Waals surface area (Å²) in [5.41, 5.74) is 14.0. The number of benzene rings is 13. The number of rotatable bonds is 19. The van der Waals surface area contributed by atoms with Gasteiger partial charge in [0.2, 0.25) is 0 Å². The molecule has 23 nitrogen and oxygen atoms in total. The number of carbonyl (C=O) groups is 7. The minimum Gasteiger partial charge on any atom is -0.432 e. The third kappa shape index (κ3) is 27.6. The van der Waals surface area contributed by atoms with Crippen molar-refractivity contribution in [1.82, 2.24) is 66.5 Å². The number of aromatic amines is 6. The highest BCUT2D eigenvalue weighted by Gasteiger charge is 2.28. The van der Waals surface area contributed by atoms with E-state index in [9.17, 15) is 42.3 Å². The molecule has 0 bridgehead atoms. The molecule has 8 aromatic heterocycles. The molecule has 7 amide bonds. The van der Waals surface area contributed by atoms with Crippen LogP contribution in [0.2, 0.25) is 25.1 Å². The minimum atomic E-state index is -0.451. The molecule has 0 radical (unpaired) electrons. The Labute approximate surface area is 882 Å². The normalized spacial score (nSPS) is 12.6. The lowest BCUT2D eigenvalue weighted by molar-refractivity contribution is 0.0899. The van der Waals surface area contributed by atoms with Crippen molar-refractivity contribution < 1.29 is 46.8 Å². The SMILES string of the molecule is CC(C)(NC(=O)c1cc2cc(Cl)ccc2[nH]1)c1ccccc1.CC(C)C(C)NC(=O)c1cc2cc(Cl)ccc2[nH]1.CC(NC(=O)c1cc2cc(Cl)ccc2[nH]1)C1CCCCC1.C[C@@H](NC(=O)c1cc2cc(Cl)ccc2[nH]1)c1ccc(Cl)cc1.C[C@@H](NC(=O)c1nc2ccccc2o1)c1ccccc1.O=C(Nc1cccc2ccccc12)c1cc2ccc(F)cc2[nH]1.O=C(Nc1cccc2ncccc12)c1cc2ccc(F)cc2[nH]1. The van der Waals surface area contributed by atoms with Gasteiger partial charge in [0.1, 0.15) is 51.3 Å². The van der Waals surface area contributed by atoms with Crippen LogP contribution in [0.3, 0.4) is 0 Å². The minimum absolute atomic E-state index is 0.0274. The average Bonchev–Trinajstić information content (AvgIpc) is 1.46. The lowest BCUT2D eigenvalue weighted by Gasteiger charge is -2.28. The Bertz CT molecular complexity index is 8170. The number of amides is 7. The molecule has 1 fully saturated rings. The first-order valence-corrected chi connectivity index (χ1v) is 50.5. The van der Waals surface area contributed by atoms with Crippen molar-refractivity contribution >= 4 is 209 Å². The van der Waals surface area contributed by atoms with Crippen LogP contribution in [-0.2, 0) is 5.54 Å². The number of hydrogen-bond acceptors (Lipinski definition) is 10. The number of halogens is 7. The molecular formula is C119H108Cl5F2N15O8. The maximum absolute atomic E-state index is 13.2. The quantitative estimate of drug-likeness (QED) is 0.0363. The number of aromatic nitrogens is 8. The molecule has 149 heavy (non-hydrogen) atoms. The predicted octanol–water partition coefficient (Wildman–Crippen LogP) is 29.7. The molecule has 0 spiro atoms. The van der Waals surface area contributed by atoms with Gasteiger partial charge in [0, 0.05) is 125 Å². The zero-order valence-corrected chi connectivity index (χ0v) is 86.3.